The van der Waals surface area contributed by atoms with E-state index in [1.807, 2.05) is 11.7 Å². The van der Waals surface area contributed by atoms with Gasteiger partial charge in [0.2, 0.25) is 0 Å². The number of hydrogen-bond acceptors (Lipinski definition) is 2. The summed E-state index contributed by atoms with van der Waals surface area (Å²) >= 11 is 0. The zero-order valence-electron chi connectivity index (χ0n) is 11.5. The van der Waals surface area contributed by atoms with Crippen LogP contribution < -0.4 is 5.32 Å². The predicted molar refractivity (Wildman–Crippen MR) is 70.8 cm³/mol. The normalized spacial score (nSPS) is 28.8. The average molecular weight is 235 g/mol. The van der Waals surface area contributed by atoms with Crippen LogP contribution in [0.15, 0.2) is 6.07 Å². The highest BCUT2D eigenvalue weighted by atomic mass is 15.3. The minimum absolute atomic E-state index is 0.685. The van der Waals surface area contributed by atoms with Crippen LogP contribution in [-0.4, -0.2) is 15.8 Å². The van der Waals surface area contributed by atoms with Gasteiger partial charge in [-0.1, -0.05) is 20.8 Å². The first-order chi connectivity index (χ1) is 8.11. The van der Waals surface area contributed by atoms with Crippen molar-refractivity contribution in [2.24, 2.45) is 18.9 Å². The van der Waals surface area contributed by atoms with Crippen LogP contribution in [-0.2, 0) is 20.0 Å². The highest BCUT2D eigenvalue weighted by molar-refractivity contribution is 5.10. The Balaban J connectivity index is 1.91. The molecule has 0 bridgehead atoms. The molecule has 1 aliphatic rings. The third-order valence-electron chi connectivity index (χ3n) is 4.40. The zero-order valence-corrected chi connectivity index (χ0v) is 11.5. The van der Waals surface area contributed by atoms with Gasteiger partial charge in [-0.2, -0.15) is 5.10 Å². The molecule has 3 heteroatoms. The first-order valence-electron chi connectivity index (χ1n) is 6.87. The van der Waals surface area contributed by atoms with Gasteiger partial charge in [-0.15, -0.1) is 0 Å². The van der Waals surface area contributed by atoms with Crippen LogP contribution in [0, 0.1) is 11.8 Å². The smallest absolute Gasteiger partial charge is 0.0625 e. The van der Waals surface area contributed by atoms with E-state index in [0.717, 1.165) is 24.8 Å². The zero-order chi connectivity index (χ0) is 12.4. The lowest BCUT2D eigenvalue weighted by Gasteiger charge is -2.19. The largest absolute Gasteiger partial charge is 0.308 e. The van der Waals surface area contributed by atoms with Crippen LogP contribution in [0.3, 0.4) is 0 Å². The molecule has 0 saturated heterocycles. The fraction of sp³-hybridized carbons (Fsp3) is 0.786. The second kappa shape index (κ2) is 5.21. The summed E-state index contributed by atoms with van der Waals surface area (Å²) in [5.74, 6) is 1.67. The van der Waals surface area contributed by atoms with E-state index in [0.29, 0.717) is 6.04 Å². The van der Waals surface area contributed by atoms with E-state index < -0.39 is 0 Å². The van der Waals surface area contributed by atoms with Gasteiger partial charge in [-0.05, 0) is 37.2 Å². The first-order valence-corrected chi connectivity index (χ1v) is 6.87. The fourth-order valence-electron chi connectivity index (χ4n) is 2.80. The van der Waals surface area contributed by atoms with E-state index in [-0.39, 0.29) is 0 Å². The molecule has 1 aromatic heterocycles. The Morgan fingerprint density at radius 1 is 1.41 bits per heavy atom. The highest BCUT2D eigenvalue weighted by Crippen LogP contribution is 2.31. The molecule has 0 aromatic carbocycles. The van der Waals surface area contributed by atoms with Crippen LogP contribution in [0.1, 0.15) is 45.0 Å². The van der Waals surface area contributed by atoms with Crippen molar-refractivity contribution in [2.45, 2.75) is 52.6 Å². The van der Waals surface area contributed by atoms with Crippen LogP contribution in [0.25, 0.3) is 0 Å². The van der Waals surface area contributed by atoms with Gasteiger partial charge < -0.3 is 5.32 Å². The van der Waals surface area contributed by atoms with E-state index >= 15 is 0 Å². The molecule has 1 N–H and O–H groups in total. The van der Waals surface area contributed by atoms with Crippen molar-refractivity contribution in [3.63, 3.8) is 0 Å². The number of aromatic nitrogens is 2. The summed E-state index contributed by atoms with van der Waals surface area (Å²) in [7, 11) is 2.04. The number of hydrogen-bond donors (Lipinski definition) is 1. The quantitative estimate of drug-likeness (QED) is 0.869. The summed E-state index contributed by atoms with van der Waals surface area (Å²) in [4.78, 5) is 0. The monoisotopic (exact) mass is 235 g/mol. The Bertz CT molecular complexity index is 370. The van der Waals surface area contributed by atoms with Crippen molar-refractivity contribution < 1.29 is 0 Å². The van der Waals surface area contributed by atoms with Gasteiger partial charge in [0.25, 0.3) is 0 Å². The summed E-state index contributed by atoms with van der Waals surface area (Å²) in [6.07, 6.45) is 3.70. The van der Waals surface area contributed by atoms with E-state index in [1.54, 1.807) is 0 Å². The molecule has 1 aliphatic carbocycles. The minimum Gasteiger partial charge on any atom is -0.308 e. The maximum atomic E-state index is 4.48. The molecule has 0 aliphatic heterocycles. The van der Waals surface area contributed by atoms with E-state index in [2.05, 4.69) is 37.3 Å². The second-order valence-electron chi connectivity index (χ2n) is 5.51. The Hall–Kier alpha value is -0.830. The molecular weight excluding hydrogens is 210 g/mol. The van der Waals surface area contributed by atoms with Gasteiger partial charge in [0, 0.05) is 19.6 Å². The SMILES string of the molecule is CCc1cc(CNC2CCC(C)C2C)n(C)n1. The molecule has 96 valence electrons. The maximum Gasteiger partial charge on any atom is 0.0625 e. The van der Waals surface area contributed by atoms with Crippen molar-refractivity contribution >= 4 is 0 Å². The lowest BCUT2D eigenvalue weighted by atomic mass is 9.98. The summed E-state index contributed by atoms with van der Waals surface area (Å²) < 4.78 is 2.01. The Labute approximate surface area is 105 Å². The van der Waals surface area contributed by atoms with Crippen LogP contribution >= 0.6 is 0 Å². The predicted octanol–water partition coefficient (Wildman–Crippen LogP) is 2.51. The Morgan fingerprint density at radius 2 is 2.18 bits per heavy atom. The van der Waals surface area contributed by atoms with Crippen molar-refractivity contribution in [1.82, 2.24) is 15.1 Å². The van der Waals surface area contributed by atoms with Gasteiger partial charge in [-0.3, -0.25) is 4.68 Å². The van der Waals surface area contributed by atoms with Gasteiger partial charge in [0.05, 0.1) is 11.4 Å². The lowest BCUT2D eigenvalue weighted by molar-refractivity contribution is 0.366. The van der Waals surface area contributed by atoms with E-state index in [1.165, 1.54) is 24.2 Å². The van der Waals surface area contributed by atoms with Crippen molar-refractivity contribution in [3.05, 3.63) is 17.5 Å². The van der Waals surface area contributed by atoms with Crippen LogP contribution in [0.4, 0.5) is 0 Å². The van der Waals surface area contributed by atoms with Gasteiger partial charge >= 0.3 is 0 Å². The maximum absolute atomic E-state index is 4.48. The second-order valence-corrected chi connectivity index (χ2v) is 5.51. The molecule has 17 heavy (non-hydrogen) atoms. The molecule has 2 rings (SSSR count). The standard InChI is InChI=1S/C14H25N3/c1-5-12-8-13(17(4)16-12)9-15-14-7-6-10(2)11(14)3/h8,10-11,14-15H,5-7,9H2,1-4H3. The molecule has 3 nitrogen and oxygen atoms in total. The molecular formula is C14H25N3. The molecule has 0 radical (unpaired) electrons. The van der Waals surface area contributed by atoms with Crippen LogP contribution in [0.5, 0.6) is 0 Å². The molecule has 1 saturated carbocycles. The highest BCUT2D eigenvalue weighted by Gasteiger charge is 2.29. The lowest BCUT2D eigenvalue weighted by Crippen LogP contribution is -2.32. The molecule has 3 atom stereocenters. The number of rotatable bonds is 4. The topological polar surface area (TPSA) is 29.9 Å². The molecule has 0 amide bonds. The summed E-state index contributed by atoms with van der Waals surface area (Å²) in [6.45, 7) is 7.84. The molecule has 1 heterocycles. The van der Waals surface area contributed by atoms with Crippen molar-refractivity contribution in [2.75, 3.05) is 0 Å². The molecule has 0 spiro atoms. The summed E-state index contributed by atoms with van der Waals surface area (Å²) in [6, 6.07) is 2.90. The number of nitrogens with zero attached hydrogens (tertiary/aromatic N) is 2. The van der Waals surface area contributed by atoms with E-state index in [9.17, 15) is 0 Å². The van der Waals surface area contributed by atoms with Crippen LogP contribution in [0.2, 0.25) is 0 Å². The number of nitrogens with one attached hydrogen (secondary N) is 1. The average Bonchev–Trinajstić information content (AvgIpc) is 2.82. The van der Waals surface area contributed by atoms with Gasteiger partial charge in [0.15, 0.2) is 0 Å². The molecule has 1 aromatic rings. The van der Waals surface area contributed by atoms with Crippen molar-refractivity contribution in [1.29, 1.82) is 0 Å². The van der Waals surface area contributed by atoms with Gasteiger partial charge in [0.1, 0.15) is 0 Å². The molecule has 3 unspecified atom stereocenters. The summed E-state index contributed by atoms with van der Waals surface area (Å²) in [5.41, 5.74) is 2.49. The van der Waals surface area contributed by atoms with Crippen molar-refractivity contribution in [3.8, 4) is 0 Å². The third-order valence-corrected chi connectivity index (χ3v) is 4.40. The minimum atomic E-state index is 0.685. The first kappa shape index (κ1) is 12.6. The fourth-order valence-corrected chi connectivity index (χ4v) is 2.80. The Morgan fingerprint density at radius 3 is 2.71 bits per heavy atom. The number of aryl methyl sites for hydroxylation is 2. The molecule has 1 fully saturated rings. The van der Waals surface area contributed by atoms with E-state index in [4.69, 9.17) is 0 Å². The van der Waals surface area contributed by atoms with Gasteiger partial charge in [-0.25, -0.2) is 0 Å². The summed E-state index contributed by atoms with van der Waals surface area (Å²) in [5, 5.41) is 8.18. The Kier molecular flexibility index (Phi) is 3.87. The third kappa shape index (κ3) is 2.71.